The average Bonchev–Trinajstić information content (AvgIpc) is 3.05. The SMILES string of the molecule is CC(=O)NCCC(=O)N1C[C@@H](c2cccc(O)c2)[C@@H]2[C@H]1C1CCN2CC1. The summed E-state index contributed by atoms with van der Waals surface area (Å²) in [4.78, 5) is 28.6. The molecular weight excluding hydrogens is 330 g/mol. The third-order valence-corrected chi connectivity index (χ3v) is 6.33. The quantitative estimate of drug-likeness (QED) is 0.852. The highest BCUT2D eigenvalue weighted by Crippen LogP contribution is 2.46. The molecule has 4 heterocycles. The molecule has 0 unspecified atom stereocenters. The number of amides is 2. The highest BCUT2D eigenvalue weighted by molar-refractivity contribution is 5.79. The molecule has 0 aliphatic carbocycles. The van der Waals surface area contributed by atoms with Crippen molar-refractivity contribution in [3.63, 3.8) is 0 Å². The lowest BCUT2D eigenvalue weighted by Gasteiger charge is -2.51. The highest BCUT2D eigenvalue weighted by atomic mass is 16.3. The first-order valence-corrected chi connectivity index (χ1v) is 9.61. The predicted octanol–water partition coefficient (Wildman–Crippen LogP) is 1.31. The standard InChI is InChI=1S/C20H27N3O3/c1-13(24)21-8-5-18(26)23-12-17(15-3-2-4-16(25)11-15)20-19(23)14-6-9-22(20)10-7-14/h2-4,11,14,17,19-20,25H,5-10,12H2,1H3,(H,21,24)/t17-,19+,20+/m0/s1. The van der Waals surface area contributed by atoms with Gasteiger partial charge >= 0.3 is 0 Å². The maximum atomic E-state index is 12.9. The van der Waals surface area contributed by atoms with E-state index in [-0.39, 0.29) is 29.5 Å². The molecule has 4 aliphatic heterocycles. The van der Waals surface area contributed by atoms with Crippen molar-refractivity contribution in [2.45, 2.75) is 44.2 Å². The van der Waals surface area contributed by atoms with Crippen molar-refractivity contribution >= 4 is 11.8 Å². The Morgan fingerprint density at radius 1 is 1.23 bits per heavy atom. The van der Waals surface area contributed by atoms with Crippen LogP contribution in [0.2, 0.25) is 0 Å². The number of rotatable bonds is 4. The smallest absolute Gasteiger partial charge is 0.224 e. The second-order valence-corrected chi connectivity index (χ2v) is 7.84. The van der Waals surface area contributed by atoms with Crippen molar-refractivity contribution in [3.8, 4) is 5.75 Å². The van der Waals surface area contributed by atoms with Gasteiger partial charge < -0.3 is 15.3 Å². The van der Waals surface area contributed by atoms with E-state index in [0.29, 0.717) is 31.5 Å². The van der Waals surface area contributed by atoms with Crippen LogP contribution in [-0.4, -0.2) is 65.0 Å². The summed E-state index contributed by atoms with van der Waals surface area (Å²) in [5.41, 5.74) is 1.12. The Bertz CT molecular complexity index is 699. The van der Waals surface area contributed by atoms with Crippen LogP contribution in [0.5, 0.6) is 5.75 Å². The lowest BCUT2D eigenvalue weighted by Crippen LogP contribution is -2.60. The summed E-state index contributed by atoms with van der Waals surface area (Å²) < 4.78 is 0. The molecule has 4 saturated heterocycles. The predicted molar refractivity (Wildman–Crippen MR) is 97.7 cm³/mol. The summed E-state index contributed by atoms with van der Waals surface area (Å²) in [6.07, 6.45) is 2.66. The highest BCUT2D eigenvalue weighted by Gasteiger charge is 2.54. The molecule has 140 valence electrons. The van der Waals surface area contributed by atoms with Gasteiger partial charge in [0.05, 0.1) is 6.04 Å². The van der Waals surface area contributed by atoms with Gasteiger partial charge in [0.1, 0.15) is 5.75 Å². The Balaban J connectivity index is 1.58. The third kappa shape index (κ3) is 3.07. The van der Waals surface area contributed by atoms with E-state index >= 15 is 0 Å². The number of nitrogens with one attached hydrogen (secondary N) is 1. The first-order chi connectivity index (χ1) is 12.5. The lowest BCUT2D eigenvalue weighted by atomic mass is 9.75. The van der Waals surface area contributed by atoms with E-state index in [9.17, 15) is 14.7 Å². The molecule has 6 nitrogen and oxygen atoms in total. The van der Waals surface area contributed by atoms with Gasteiger partial charge in [0.2, 0.25) is 11.8 Å². The van der Waals surface area contributed by atoms with Crippen molar-refractivity contribution in [2.75, 3.05) is 26.2 Å². The number of hydrogen-bond donors (Lipinski definition) is 2. The van der Waals surface area contributed by atoms with E-state index in [1.807, 2.05) is 12.1 Å². The molecule has 6 heteroatoms. The van der Waals surface area contributed by atoms with Crippen molar-refractivity contribution in [1.82, 2.24) is 15.1 Å². The number of phenols is 1. The number of aromatic hydroxyl groups is 1. The maximum Gasteiger partial charge on any atom is 0.224 e. The second-order valence-electron chi connectivity index (χ2n) is 7.84. The Hall–Kier alpha value is -2.08. The topological polar surface area (TPSA) is 72.9 Å². The van der Waals surface area contributed by atoms with E-state index in [0.717, 1.165) is 31.5 Å². The monoisotopic (exact) mass is 357 g/mol. The third-order valence-electron chi connectivity index (χ3n) is 6.33. The molecule has 2 amide bonds. The number of fused-ring (bicyclic) bond motifs is 2. The Labute approximate surface area is 154 Å². The largest absolute Gasteiger partial charge is 0.508 e. The van der Waals surface area contributed by atoms with Crippen LogP contribution < -0.4 is 5.32 Å². The van der Waals surface area contributed by atoms with Crippen molar-refractivity contribution in [3.05, 3.63) is 29.8 Å². The van der Waals surface area contributed by atoms with Gasteiger partial charge in [0, 0.05) is 38.4 Å². The molecule has 2 bridgehead atoms. The summed E-state index contributed by atoms with van der Waals surface area (Å²) in [5.74, 6) is 1.12. The first-order valence-electron chi connectivity index (χ1n) is 9.61. The van der Waals surface area contributed by atoms with E-state index in [1.54, 1.807) is 6.07 Å². The minimum atomic E-state index is -0.0995. The zero-order valence-corrected chi connectivity index (χ0v) is 15.2. The van der Waals surface area contributed by atoms with Gasteiger partial charge in [-0.05, 0) is 49.5 Å². The molecule has 3 atom stereocenters. The van der Waals surface area contributed by atoms with Gasteiger partial charge in [-0.2, -0.15) is 0 Å². The molecule has 5 rings (SSSR count). The van der Waals surface area contributed by atoms with Crippen molar-refractivity contribution < 1.29 is 14.7 Å². The molecule has 26 heavy (non-hydrogen) atoms. The molecule has 0 spiro atoms. The van der Waals surface area contributed by atoms with Gasteiger partial charge in [0.25, 0.3) is 0 Å². The van der Waals surface area contributed by atoms with Crippen LogP contribution in [0.25, 0.3) is 0 Å². The Kier molecular flexibility index (Phi) is 4.61. The number of hydrogen-bond acceptors (Lipinski definition) is 4. The fourth-order valence-corrected chi connectivity index (χ4v) is 5.24. The number of benzene rings is 1. The van der Waals surface area contributed by atoms with Crippen molar-refractivity contribution in [2.24, 2.45) is 5.92 Å². The van der Waals surface area contributed by atoms with Gasteiger partial charge in [-0.15, -0.1) is 0 Å². The zero-order chi connectivity index (χ0) is 18.3. The van der Waals surface area contributed by atoms with E-state index in [2.05, 4.69) is 21.2 Å². The van der Waals surface area contributed by atoms with E-state index in [1.165, 1.54) is 6.92 Å². The summed E-state index contributed by atoms with van der Waals surface area (Å²) in [5, 5.41) is 12.6. The molecule has 1 aromatic carbocycles. The summed E-state index contributed by atoms with van der Waals surface area (Å²) >= 11 is 0. The van der Waals surface area contributed by atoms with Gasteiger partial charge in [0.15, 0.2) is 0 Å². The lowest BCUT2D eigenvalue weighted by molar-refractivity contribution is -0.135. The zero-order valence-electron chi connectivity index (χ0n) is 15.2. The summed E-state index contributed by atoms with van der Waals surface area (Å²) in [7, 11) is 0. The van der Waals surface area contributed by atoms with Crippen LogP contribution in [0.1, 0.15) is 37.7 Å². The molecular formula is C20H27N3O3. The molecule has 4 fully saturated rings. The number of piperidine rings is 3. The van der Waals surface area contributed by atoms with E-state index in [4.69, 9.17) is 0 Å². The molecule has 2 N–H and O–H groups in total. The Morgan fingerprint density at radius 2 is 2.00 bits per heavy atom. The molecule has 0 saturated carbocycles. The first kappa shape index (κ1) is 17.3. The number of nitrogens with zero attached hydrogens (tertiary/aromatic N) is 2. The summed E-state index contributed by atoms with van der Waals surface area (Å²) in [6, 6.07) is 8.09. The molecule has 0 aromatic heterocycles. The normalized spacial score (nSPS) is 32.3. The van der Waals surface area contributed by atoms with Gasteiger partial charge in [-0.25, -0.2) is 0 Å². The van der Waals surface area contributed by atoms with E-state index < -0.39 is 0 Å². The molecule has 1 aromatic rings. The van der Waals surface area contributed by atoms with Crippen LogP contribution >= 0.6 is 0 Å². The van der Waals surface area contributed by atoms with Crippen LogP contribution in [0.4, 0.5) is 0 Å². The molecule has 0 radical (unpaired) electrons. The fourth-order valence-electron chi connectivity index (χ4n) is 5.24. The van der Waals surface area contributed by atoms with Crippen LogP contribution in [-0.2, 0) is 9.59 Å². The molecule has 4 aliphatic rings. The number of phenolic OH excluding ortho intramolecular Hbond substituents is 1. The minimum Gasteiger partial charge on any atom is -0.508 e. The Morgan fingerprint density at radius 3 is 2.69 bits per heavy atom. The van der Waals surface area contributed by atoms with Crippen LogP contribution in [0, 0.1) is 5.92 Å². The van der Waals surface area contributed by atoms with Gasteiger partial charge in [-0.1, -0.05) is 12.1 Å². The maximum absolute atomic E-state index is 12.9. The van der Waals surface area contributed by atoms with Crippen LogP contribution in [0.15, 0.2) is 24.3 Å². The van der Waals surface area contributed by atoms with Crippen LogP contribution in [0.3, 0.4) is 0 Å². The van der Waals surface area contributed by atoms with Gasteiger partial charge in [-0.3, -0.25) is 14.5 Å². The number of carbonyl (C=O) groups excluding carboxylic acids is 2. The second kappa shape index (κ2) is 6.91. The summed E-state index contributed by atoms with van der Waals surface area (Å²) in [6.45, 7) is 4.78. The minimum absolute atomic E-state index is 0.0995. The average molecular weight is 357 g/mol. The number of likely N-dealkylation sites (tertiary alicyclic amines) is 1. The fraction of sp³-hybridized carbons (Fsp3) is 0.600. The van der Waals surface area contributed by atoms with Crippen molar-refractivity contribution in [1.29, 1.82) is 0 Å². The number of carbonyl (C=O) groups is 2.